The average Bonchev–Trinajstić information content (AvgIpc) is 2.72. The monoisotopic (exact) mass is 433 g/mol. The third-order valence-electron chi connectivity index (χ3n) is 5.33. The molecule has 0 saturated carbocycles. The van der Waals surface area contributed by atoms with Crippen molar-refractivity contribution in [1.82, 2.24) is 15.2 Å². The van der Waals surface area contributed by atoms with Crippen LogP contribution < -0.4 is 15.0 Å². The minimum absolute atomic E-state index is 0.406. The van der Waals surface area contributed by atoms with Gasteiger partial charge in [0.15, 0.2) is 5.82 Å². The fourth-order valence-corrected chi connectivity index (χ4v) is 3.58. The Morgan fingerprint density at radius 1 is 1.23 bits per heavy atom. The summed E-state index contributed by atoms with van der Waals surface area (Å²) in [6.45, 7) is 4.45. The first-order valence-corrected chi connectivity index (χ1v) is 9.76. The van der Waals surface area contributed by atoms with Crippen molar-refractivity contribution in [3.8, 4) is 5.88 Å². The number of aryl methyl sites for hydroxylation is 1. The Bertz CT molecular complexity index is 1120. The maximum absolute atomic E-state index is 13.1. The summed E-state index contributed by atoms with van der Waals surface area (Å²) in [5.74, 6) is 0.815. The second kappa shape index (κ2) is 7.84. The van der Waals surface area contributed by atoms with Crippen molar-refractivity contribution in [3.05, 3.63) is 47.2 Å². The second-order valence-electron chi connectivity index (χ2n) is 7.60. The quantitative estimate of drug-likeness (QED) is 0.635. The Morgan fingerprint density at radius 3 is 2.61 bits per heavy atom. The molecule has 31 heavy (non-hydrogen) atoms. The first kappa shape index (κ1) is 21.1. The molecule has 2 N–H and O–H groups in total. The lowest BCUT2D eigenvalue weighted by Gasteiger charge is -2.38. The molecule has 164 valence electrons. The molecule has 0 unspecified atom stereocenters. The number of hydrogen-bond donors (Lipinski definition) is 2. The van der Waals surface area contributed by atoms with Crippen LogP contribution in [0.15, 0.2) is 30.3 Å². The van der Waals surface area contributed by atoms with Crippen LogP contribution in [0.3, 0.4) is 0 Å². The number of halogens is 3. The van der Waals surface area contributed by atoms with E-state index in [1.54, 1.807) is 19.9 Å². The Hall–Kier alpha value is -3.14. The predicted octanol–water partition coefficient (Wildman–Crippen LogP) is 3.71. The van der Waals surface area contributed by atoms with Crippen LogP contribution in [0.2, 0.25) is 0 Å². The van der Waals surface area contributed by atoms with Gasteiger partial charge in [0.2, 0.25) is 5.88 Å². The van der Waals surface area contributed by atoms with Crippen LogP contribution in [0.25, 0.3) is 10.9 Å². The maximum Gasteiger partial charge on any atom is 0.416 e. The molecule has 1 fully saturated rings. The van der Waals surface area contributed by atoms with Gasteiger partial charge < -0.3 is 20.1 Å². The van der Waals surface area contributed by atoms with E-state index in [-0.39, 0.29) is 0 Å². The van der Waals surface area contributed by atoms with Crippen molar-refractivity contribution in [2.75, 3.05) is 30.4 Å². The molecule has 1 aliphatic rings. The molecule has 0 radical (unpaired) electrons. The van der Waals surface area contributed by atoms with Crippen LogP contribution in [-0.4, -0.2) is 46.6 Å². The van der Waals surface area contributed by atoms with Gasteiger partial charge in [0.05, 0.1) is 30.5 Å². The minimum Gasteiger partial charge on any atom is -0.480 e. The lowest BCUT2D eigenvalue weighted by molar-refractivity contribution is -0.137. The largest absolute Gasteiger partial charge is 0.480 e. The summed E-state index contributed by atoms with van der Waals surface area (Å²) in [6.07, 6.45) is -4.82. The van der Waals surface area contributed by atoms with Gasteiger partial charge in [0.1, 0.15) is 11.2 Å². The molecule has 4 rings (SSSR count). The van der Waals surface area contributed by atoms with Gasteiger partial charge in [-0.1, -0.05) is 12.1 Å². The van der Waals surface area contributed by atoms with Crippen LogP contribution in [0.4, 0.5) is 24.7 Å². The first-order chi connectivity index (χ1) is 14.7. The van der Waals surface area contributed by atoms with Crippen molar-refractivity contribution in [2.24, 2.45) is 0 Å². The van der Waals surface area contributed by atoms with E-state index < -0.39 is 23.9 Å². The SMILES string of the molecule is COc1nc2c(C)nnc(N[C@H](C)c3cccc(C(F)(F)F)c3)c2cc1N1CC(O)C1. The molecule has 3 aromatic rings. The fraction of sp³-hybridized carbons (Fsp3) is 0.381. The molecule has 1 atom stereocenters. The third kappa shape index (κ3) is 4.07. The molecule has 10 heteroatoms. The van der Waals surface area contributed by atoms with Crippen LogP contribution in [-0.2, 0) is 6.18 Å². The molecule has 7 nitrogen and oxygen atoms in total. The van der Waals surface area contributed by atoms with E-state index in [0.29, 0.717) is 52.6 Å². The highest BCUT2D eigenvalue weighted by atomic mass is 19.4. The lowest BCUT2D eigenvalue weighted by atomic mass is 10.0. The van der Waals surface area contributed by atoms with Gasteiger partial charge in [-0.25, -0.2) is 4.98 Å². The number of benzene rings is 1. The van der Waals surface area contributed by atoms with Crippen molar-refractivity contribution >= 4 is 22.4 Å². The lowest BCUT2D eigenvalue weighted by Crippen LogP contribution is -2.51. The highest BCUT2D eigenvalue weighted by Crippen LogP contribution is 2.37. The zero-order valence-corrected chi connectivity index (χ0v) is 17.2. The van der Waals surface area contributed by atoms with E-state index in [1.165, 1.54) is 13.2 Å². The molecule has 0 spiro atoms. The summed E-state index contributed by atoms with van der Waals surface area (Å²) in [6, 6.07) is 6.58. The van der Waals surface area contributed by atoms with Gasteiger partial charge >= 0.3 is 6.18 Å². The van der Waals surface area contributed by atoms with E-state index in [0.717, 1.165) is 12.1 Å². The number of β-amino-alcohol motifs (C(OH)–C–C–N with tert-alkyl or cyclic N) is 1. The maximum atomic E-state index is 13.1. The standard InChI is InChI=1S/C21H22F3N5O2/c1-11(13-5-4-6-14(7-13)21(22,23)24)25-19-16-8-17(29-9-15(30)10-29)20(31-3)26-18(16)12(2)27-28-19/h4-8,11,15,30H,9-10H2,1-3H3,(H,25,28)/t11-/m1/s1. The van der Waals surface area contributed by atoms with E-state index in [9.17, 15) is 18.3 Å². The Kier molecular flexibility index (Phi) is 5.34. The van der Waals surface area contributed by atoms with E-state index in [2.05, 4.69) is 20.5 Å². The number of anilines is 2. The fourth-order valence-electron chi connectivity index (χ4n) is 3.58. The van der Waals surface area contributed by atoms with Crippen LogP contribution >= 0.6 is 0 Å². The molecule has 1 aliphatic heterocycles. The van der Waals surface area contributed by atoms with Gasteiger partial charge in [-0.2, -0.15) is 18.3 Å². The molecule has 0 amide bonds. The number of ether oxygens (including phenoxy) is 1. The molecular weight excluding hydrogens is 411 g/mol. The smallest absolute Gasteiger partial charge is 0.416 e. The normalized spacial score (nSPS) is 15.6. The third-order valence-corrected chi connectivity index (χ3v) is 5.33. The number of nitrogens with one attached hydrogen (secondary N) is 1. The molecule has 0 aliphatic carbocycles. The van der Waals surface area contributed by atoms with Crippen molar-refractivity contribution in [3.63, 3.8) is 0 Å². The van der Waals surface area contributed by atoms with Crippen molar-refractivity contribution in [2.45, 2.75) is 32.2 Å². The number of aliphatic hydroxyl groups is 1. The number of aliphatic hydroxyl groups excluding tert-OH is 1. The Balaban J connectivity index is 1.72. The number of nitrogens with zero attached hydrogens (tertiary/aromatic N) is 4. The van der Waals surface area contributed by atoms with E-state index >= 15 is 0 Å². The molecule has 1 saturated heterocycles. The number of rotatable bonds is 5. The highest BCUT2D eigenvalue weighted by Gasteiger charge is 2.31. The molecule has 3 heterocycles. The minimum atomic E-state index is -4.41. The van der Waals surface area contributed by atoms with Crippen molar-refractivity contribution in [1.29, 1.82) is 0 Å². The van der Waals surface area contributed by atoms with Gasteiger partial charge in [0, 0.05) is 18.5 Å². The van der Waals surface area contributed by atoms with Crippen molar-refractivity contribution < 1.29 is 23.0 Å². The second-order valence-corrected chi connectivity index (χ2v) is 7.60. The summed E-state index contributed by atoms with van der Waals surface area (Å²) in [7, 11) is 1.52. The average molecular weight is 433 g/mol. The Morgan fingerprint density at radius 2 is 1.97 bits per heavy atom. The summed E-state index contributed by atoms with van der Waals surface area (Å²) < 4.78 is 44.7. The number of pyridine rings is 1. The van der Waals surface area contributed by atoms with Gasteiger partial charge in [-0.05, 0) is 37.6 Å². The number of hydrogen-bond acceptors (Lipinski definition) is 7. The van der Waals surface area contributed by atoms with Crippen LogP contribution in [0.1, 0.15) is 29.8 Å². The summed E-state index contributed by atoms with van der Waals surface area (Å²) in [5.41, 5.74) is 1.65. The van der Waals surface area contributed by atoms with E-state index in [1.807, 2.05) is 11.0 Å². The van der Waals surface area contributed by atoms with Gasteiger partial charge in [-0.15, -0.1) is 5.10 Å². The van der Waals surface area contributed by atoms with Crippen LogP contribution in [0, 0.1) is 6.92 Å². The number of aromatic nitrogens is 3. The Labute approximate surface area is 176 Å². The molecule has 2 aromatic heterocycles. The predicted molar refractivity (Wildman–Crippen MR) is 110 cm³/mol. The molecule has 1 aromatic carbocycles. The zero-order chi connectivity index (χ0) is 22.3. The zero-order valence-electron chi connectivity index (χ0n) is 17.2. The highest BCUT2D eigenvalue weighted by molar-refractivity contribution is 5.94. The summed E-state index contributed by atoms with van der Waals surface area (Å²) in [5, 5.41) is 21.9. The summed E-state index contributed by atoms with van der Waals surface area (Å²) in [4.78, 5) is 6.51. The molecule has 0 bridgehead atoms. The number of methoxy groups -OCH3 is 1. The molecular formula is C21H22F3N5O2. The van der Waals surface area contributed by atoms with E-state index in [4.69, 9.17) is 4.74 Å². The number of fused-ring (bicyclic) bond motifs is 1. The summed E-state index contributed by atoms with van der Waals surface area (Å²) >= 11 is 0. The van der Waals surface area contributed by atoms with Crippen LogP contribution in [0.5, 0.6) is 5.88 Å². The number of alkyl halides is 3. The topological polar surface area (TPSA) is 83.4 Å². The van der Waals surface area contributed by atoms with Gasteiger partial charge in [0.25, 0.3) is 0 Å². The first-order valence-electron chi connectivity index (χ1n) is 9.76. The van der Waals surface area contributed by atoms with Gasteiger partial charge in [-0.3, -0.25) is 0 Å².